The summed E-state index contributed by atoms with van der Waals surface area (Å²) in [6, 6.07) is 2.39. The van der Waals surface area contributed by atoms with Crippen molar-refractivity contribution in [1.82, 2.24) is 10.2 Å². The van der Waals surface area contributed by atoms with Crippen LogP contribution in [-0.4, -0.2) is 41.9 Å². The number of nitrogens with two attached hydrogens (primary N) is 1. The van der Waals surface area contributed by atoms with Crippen LogP contribution >= 0.6 is 0 Å². The first kappa shape index (κ1) is 18.7. The number of rotatable bonds is 7. The van der Waals surface area contributed by atoms with E-state index in [-0.39, 0.29) is 11.8 Å². The zero-order chi connectivity index (χ0) is 17.6. The Balaban J connectivity index is 2.07. The summed E-state index contributed by atoms with van der Waals surface area (Å²) < 4.78 is 0. The van der Waals surface area contributed by atoms with Crippen molar-refractivity contribution >= 4 is 11.8 Å². The number of amides is 2. The van der Waals surface area contributed by atoms with Crippen LogP contribution in [0, 0.1) is 29.6 Å². The van der Waals surface area contributed by atoms with Crippen LogP contribution in [0.4, 0.5) is 0 Å². The summed E-state index contributed by atoms with van der Waals surface area (Å²) in [7, 11) is 0. The van der Waals surface area contributed by atoms with Gasteiger partial charge in [-0.2, -0.15) is 5.26 Å². The van der Waals surface area contributed by atoms with Crippen LogP contribution < -0.4 is 11.1 Å². The molecule has 1 aliphatic carbocycles. The number of hydrogen-bond donors (Lipinski definition) is 2. The summed E-state index contributed by atoms with van der Waals surface area (Å²) in [5.74, 6) is -0.449. The highest BCUT2D eigenvalue weighted by Gasteiger charge is 2.43. The number of carbonyl (C=O) groups excluding carboxylic acids is 2. The molecule has 133 valence electrons. The molecular weight excluding hydrogens is 304 g/mol. The molecule has 0 aromatic carbocycles. The maximum atomic E-state index is 12.8. The molecule has 2 atom stereocenters. The smallest absolute Gasteiger partial charge is 0.227 e. The van der Waals surface area contributed by atoms with Crippen molar-refractivity contribution in [3.63, 3.8) is 0 Å². The van der Waals surface area contributed by atoms with Gasteiger partial charge in [-0.25, -0.2) is 0 Å². The van der Waals surface area contributed by atoms with Gasteiger partial charge in [0, 0.05) is 19.0 Å². The van der Waals surface area contributed by atoms with Crippen molar-refractivity contribution in [1.29, 1.82) is 5.26 Å². The quantitative estimate of drug-likeness (QED) is 0.735. The maximum absolute atomic E-state index is 12.8. The molecule has 0 bridgehead atoms. The van der Waals surface area contributed by atoms with Crippen molar-refractivity contribution in [2.45, 2.75) is 57.4 Å². The van der Waals surface area contributed by atoms with E-state index in [0.29, 0.717) is 31.8 Å². The summed E-state index contributed by atoms with van der Waals surface area (Å²) >= 11 is 0. The number of primary amides is 1. The van der Waals surface area contributed by atoms with Crippen LogP contribution in [0.5, 0.6) is 0 Å². The molecule has 1 aliphatic heterocycles. The lowest BCUT2D eigenvalue weighted by atomic mass is 9.86. The van der Waals surface area contributed by atoms with Gasteiger partial charge in [-0.05, 0) is 38.1 Å². The van der Waals surface area contributed by atoms with Gasteiger partial charge in [0.05, 0.1) is 12.5 Å². The fourth-order valence-electron chi connectivity index (χ4n) is 3.67. The third-order valence-corrected chi connectivity index (χ3v) is 5.42. The molecule has 0 aromatic rings. The van der Waals surface area contributed by atoms with E-state index >= 15 is 0 Å². The lowest BCUT2D eigenvalue weighted by Crippen LogP contribution is -2.54. The third kappa shape index (κ3) is 4.47. The van der Waals surface area contributed by atoms with E-state index in [9.17, 15) is 14.9 Å². The zero-order valence-corrected chi connectivity index (χ0v) is 14.6. The molecule has 1 heterocycles. The minimum atomic E-state index is -0.763. The molecule has 0 spiro atoms. The summed E-state index contributed by atoms with van der Waals surface area (Å²) in [6.45, 7) is 3.62. The molecule has 6 heteroatoms. The van der Waals surface area contributed by atoms with E-state index in [2.05, 4.69) is 11.4 Å². The summed E-state index contributed by atoms with van der Waals surface area (Å²) in [6.07, 6.45) is 8.42. The molecule has 2 rings (SSSR count). The molecule has 2 amide bonds. The molecule has 2 unspecified atom stereocenters. The second-order valence-electron chi connectivity index (χ2n) is 7.27. The van der Waals surface area contributed by atoms with Gasteiger partial charge in [-0.1, -0.05) is 26.2 Å². The van der Waals surface area contributed by atoms with Crippen molar-refractivity contribution in [3.05, 3.63) is 6.42 Å². The molecular formula is C18H29N4O2. The maximum Gasteiger partial charge on any atom is 0.227 e. The Morgan fingerprint density at radius 1 is 1.42 bits per heavy atom. The molecule has 0 aromatic heterocycles. The minimum absolute atomic E-state index is 0.140. The monoisotopic (exact) mass is 333 g/mol. The van der Waals surface area contributed by atoms with Crippen LogP contribution in [0.15, 0.2) is 0 Å². The van der Waals surface area contributed by atoms with Gasteiger partial charge >= 0.3 is 0 Å². The van der Waals surface area contributed by atoms with Crippen LogP contribution in [0.25, 0.3) is 0 Å². The van der Waals surface area contributed by atoms with Crippen molar-refractivity contribution in [2.75, 3.05) is 19.6 Å². The fraction of sp³-hybridized carbons (Fsp3) is 0.778. The first-order valence-electron chi connectivity index (χ1n) is 9.04. The molecule has 1 radical (unpaired) electrons. The topological polar surface area (TPSA) is 99.2 Å². The Kier molecular flexibility index (Phi) is 6.61. The summed E-state index contributed by atoms with van der Waals surface area (Å²) in [5.41, 5.74) is 4.51. The second-order valence-corrected chi connectivity index (χ2v) is 7.27. The minimum Gasteiger partial charge on any atom is -0.369 e. The van der Waals surface area contributed by atoms with Gasteiger partial charge < -0.3 is 16.0 Å². The summed E-state index contributed by atoms with van der Waals surface area (Å²) in [4.78, 5) is 25.8. The third-order valence-electron chi connectivity index (χ3n) is 5.42. The van der Waals surface area contributed by atoms with Gasteiger partial charge in [-0.3, -0.25) is 9.59 Å². The van der Waals surface area contributed by atoms with E-state index in [1.807, 2.05) is 0 Å². The predicted octanol–water partition coefficient (Wildman–Crippen LogP) is 1.37. The Hall–Kier alpha value is -1.61. The van der Waals surface area contributed by atoms with Crippen LogP contribution in [0.3, 0.4) is 0 Å². The van der Waals surface area contributed by atoms with Gasteiger partial charge in [0.15, 0.2) is 0 Å². The highest BCUT2D eigenvalue weighted by Crippen LogP contribution is 2.30. The van der Waals surface area contributed by atoms with Crippen LogP contribution in [-0.2, 0) is 9.59 Å². The van der Waals surface area contributed by atoms with Crippen molar-refractivity contribution < 1.29 is 9.59 Å². The Morgan fingerprint density at radius 3 is 2.67 bits per heavy atom. The van der Waals surface area contributed by atoms with E-state index in [4.69, 9.17) is 5.73 Å². The molecule has 1 saturated heterocycles. The average Bonchev–Trinajstić information content (AvgIpc) is 3.08. The number of nitriles is 1. The summed E-state index contributed by atoms with van der Waals surface area (Å²) in [5, 5.41) is 13.0. The number of hydrogen-bond acceptors (Lipinski definition) is 4. The SMILES string of the molecule is CC(C[CH]C(=O)N(CC1CCCCC1)C1(C#N)CCNC1)C(N)=O. The van der Waals surface area contributed by atoms with Gasteiger partial charge in [0.2, 0.25) is 11.8 Å². The van der Waals surface area contributed by atoms with Crippen molar-refractivity contribution in [2.24, 2.45) is 17.6 Å². The lowest BCUT2D eigenvalue weighted by molar-refractivity contribution is -0.132. The van der Waals surface area contributed by atoms with Gasteiger partial charge in [0.25, 0.3) is 0 Å². The van der Waals surface area contributed by atoms with Crippen LogP contribution in [0.2, 0.25) is 0 Å². The average molecular weight is 333 g/mol. The Bertz CT molecular complexity index is 488. The normalized spacial score (nSPS) is 25.8. The number of nitrogens with zero attached hydrogens (tertiary/aromatic N) is 2. The first-order valence-corrected chi connectivity index (χ1v) is 9.04. The molecule has 2 fully saturated rings. The highest BCUT2D eigenvalue weighted by atomic mass is 16.2. The molecule has 24 heavy (non-hydrogen) atoms. The van der Waals surface area contributed by atoms with E-state index in [0.717, 1.165) is 19.4 Å². The molecule has 6 nitrogen and oxygen atoms in total. The molecule has 1 saturated carbocycles. The molecule has 3 N–H and O–H groups in total. The number of nitrogens with one attached hydrogen (secondary N) is 1. The number of carbonyl (C=O) groups is 2. The van der Waals surface area contributed by atoms with E-state index in [1.54, 1.807) is 11.8 Å². The largest absolute Gasteiger partial charge is 0.369 e. The molecule has 2 aliphatic rings. The van der Waals surface area contributed by atoms with Crippen molar-refractivity contribution in [3.8, 4) is 6.07 Å². The Morgan fingerprint density at radius 2 is 2.12 bits per heavy atom. The highest BCUT2D eigenvalue weighted by molar-refractivity contribution is 5.87. The fourth-order valence-corrected chi connectivity index (χ4v) is 3.67. The van der Waals surface area contributed by atoms with E-state index in [1.165, 1.54) is 25.7 Å². The van der Waals surface area contributed by atoms with Gasteiger partial charge in [-0.15, -0.1) is 0 Å². The second kappa shape index (κ2) is 8.48. The van der Waals surface area contributed by atoms with Gasteiger partial charge in [0.1, 0.15) is 5.54 Å². The predicted molar refractivity (Wildman–Crippen MR) is 91.4 cm³/mol. The zero-order valence-electron chi connectivity index (χ0n) is 14.6. The first-order chi connectivity index (χ1) is 11.5. The van der Waals surface area contributed by atoms with Crippen LogP contribution in [0.1, 0.15) is 51.9 Å². The lowest BCUT2D eigenvalue weighted by Gasteiger charge is -2.39. The Labute approximate surface area is 144 Å². The standard InChI is InChI=1S/C18H29N4O2/c1-14(17(20)24)7-8-16(23)22(11-15-5-3-2-4-6-15)18(12-19)9-10-21-13-18/h8,14-15,21H,2-7,9-11,13H2,1H3,(H2,20,24). The van der Waals surface area contributed by atoms with E-state index < -0.39 is 11.4 Å².